The Morgan fingerprint density at radius 2 is 2.09 bits per heavy atom. The summed E-state index contributed by atoms with van der Waals surface area (Å²) < 4.78 is 26.2. The van der Waals surface area contributed by atoms with Gasteiger partial charge in [-0.2, -0.15) is 4.31 Å². The zero-order chi connectivity index (χ0) is 16.2. The van der Waals surface area contributed by atoms with E-state index in [1.807, 2.05) is 6.92 Å². The van der Waals surface area contributed by atoms with Crippen molar-refractivity contribution in [2.24, 2.45) is 0 Å². The summed E-state index contributed by atoms with van der Waals surface area (Å²) in [4.78, 5) is 12.5. The van der Waals surface area contributed by atoms with Gasteiger partial charge in [0.1, 0.15) is 6.04 Å². The van der Waals surface area contributed by atoms with Crippen LogP contribution in [0.1, 0.15) is 52.4 Å². The molecular weight excluding hydrogens is 338 g/mol. The number of amides is 1. The van der Waals surface area contributed by atoms with Crippen LogP contribution in [0.3, 0.4) is 0 Å². The minimum absolute atomic E-state index is 0. The standard InChI is InChI=1S/C15H29N3O3S.ClH/c1-3-4-10-22(20,21)18-9-5-6-14(18)15(19)17-13-7-8-16-12(2)11-13;/h12-14,16H,3-11H2,1-2H3,(H,17,19);1H. The topological polar surface area (TPSA) is 78.5 Å². The Labute approximate surface area is 146 Å². The van der Waals surface area contributed by atoms with Crippen molar-refractivity contribution in [1.29, 1.82) is 0 Å². The second kappa shape index (κ2) is 9.20. The molecule has 0 saturated carbocycles. The number of nitrogens with zero attached hydrogens (tertiary/aromatic N) is 1. The zero-order valence-electron chi connectivity index (χ0n) is 14.1. The summed E-state index contributed by atoms with van der Waals surface area (Å²) in [7, 11) is -3.31. The molecule has 2 fully saturated rings. The predicted octanol–water partition coefficient (Wildman–Crippen LogP) is 1.26. The molecule has 6 nitrogen and oxygen atoms in total. The Kier molecular flexibility index (Phi) is 8.27. The van der Waals surface area contributed by atoms with Gasteiger partial charge in [-0.15, -0.1) is 12.4 Å². The number of sulfonamides is 1. The molecule has 3 atom stereocenters. The number of nitrogens with one attached hydrogen (secondary N) is 2. The van der Waals surface area contributed by atoms with E-state index in [2.05, 4.69) is 17.6 Å². The Bertz CT molecular complexity index is 486. The molecule has 0 radical (unpaired) electrons. The van der Waals surface area contributed by atoms with Gasteiger partial charge in [-0.1, -0.05) is 13.3 Å². The fourth-order valence-corrected chi connectivity index (χ4v) is 5.22. The molecule has 2 aliphatic heterocycles. The number of carbonyl (C=O) groups excluding carboxylic acids is 1. The molecule has 0 aromatic rings. The Balaban J connectivity index is 0.00000264. The van der Waals surface area contributed by atoms with E-state index in [1.54, 1.807) is 0 Å². The molecule has 2 saturated heterocycles. The molecule has 2 rings (SSSR count). The number of rotatable bonds is 6. The third-order valence-corrected chi connectivity index (χ3v) is 6.55. The van der Waals surface area contributed by atoms with Gasteiger partial charge in [0.2, 0.25) is 15.9 Å². The van der Waals surface area contributed by atoms with Crippen LogP contribution in [0, 0.1) is 0 Å². The second-order valence-corrected chi connectivity index (χ2v) is 8.56. The van der Waals surface area contributed by atoms with Gasteiger partial charge in [-0.3, -0.25) is 4.79 Å². The highest BCUT2D eigenvalue weighted by Gasteiger charge is 2.38. The van der Waals surface area contributed by atoms with Crippen molar-refractivity contribution in [3.05, 3.63) is 0 Å². The lowest BCUT2D eigenvalue weighted by atomic mass is 10.0. The van der Waals surface area contributed by atoms with Crippen molar-refractivity contribution in [3.63, 3.8) is 0 Å². The van der Waals surface area contributed by atoms with E-state index in [4.69, 9.17) is 0 Å². The summed E-state index contributed by atoms with van der Waals surface area (Å²) in [5, 5.41) is 6.42. The molecule has 23 heavy (non-hydrogen) atoms. The van der Waals surface area contributed by atoms with Crippen molar-refractivity contribution < 1.29 is 13.2 Å². The molecule has 1 amide bonds. The van der Waals surface area contributed by atoms with Gasteiger partial charge in [0.05, 0.1) is 5.75 Å². The Morgan fingerprint density at radius 3 is 2.74 bits per heavy atom. The average molecular weight is 368 g/mol. The molecule has 2 aliphatic rings. The first-order valence-electron chi connectivity index (χ1n) is 8.47. The van der Waals surface area contributed by atoms with Crippen LogP contribution in [0.25, 0.3) is 0 Å². The summed E-state index contributed by atoms with van der Waals surface area (Å²) in [5.41, 5.74) is 0. The third kappa shape index (κ3) is 5.59. The van der Waals surface area contributed by atoms with E-state index < -0.39 is 16.1 Å². The number of piperidine rings is 1. The SMILES string of the molecule is CCCCS(=O)(=O)N1CCCC1C(=O)NC1CCNC(C)C1.Cl. The molecule has 8 heteroatoms. The summed E-state index contributed by atoms with van der Waals surface area (Å²) in [6, 6.07) is 0.0450. The molecule has 0 aromatic carbocycles. The zero-order valence-corrected chi connectivity index (χ0v) is 15.7. The highest BCUT2D eigenvalue weighted by atomic mass is 35.5. The lowest BCUT2D eigenvalue weighted by Crippen LogP contribution is -2.52. The minimum atomic E-state index is -3.31. The molecule has 136 valence electrons. The molecule has 2 N–H and O–H groups in total. The fraction of sp³-hybridized carbons (Fsp3) is 0.933. The summed E-state index contributed by atoms with van der Waals surface area (Å²) >= 11 is 0. The maximum absolute atomic E-state index is 12.5. The van der Waals surface area contributed by atoms with E-state index in [-0.39, 0.29) is 30.1 Å². The van der Waals surface area contributed by atoms with Crippen molar-refractivity contribution in [2.75, 3.05) is 18.8 Å². The lowest BCUT2D eigenvalue weighted by molar-refractivity contribution is -0.125. The number of hydrogen-bond acceptors (Lipinski definition) is 4. The monoisotopic (exact) mass is 367 g/mol. The van der Waals surface area contributed by atoms with E-state index in [9.17, 15) is 13.2 Å². The van der Waals surface area contributed by atoms with Gasteiger partial charge in [0, 0.05) is 18.6 Å². The van der Waals surface area contributed by atoms with E-state index in [0.717, 1.165) is 32.2 Å². The van der Waals surface area contributed by atoms with E-state index in [1.165, 1.54) is 4.31 Å². The quantitative estimate of drug-likeness (QED) is 0.740. The summed E-state index contributed by atoms with van der Waals surface area (Å²) in [6.45, 7) is 5.46. The van der Waals surface area contributed by atoms with E-state index >= 15 is 0 Å². The first kappa shape index (κ1) is 20.7. The van der Waals surface area contributed by atoms with Gasteiger partial charge in [-0.05, 0) is 45.6 Å². The van der Waals surface area contributed by atoms with Crippen molar-refractivity contribution in [3.8, 4) is 0 Å². The van der Waals surface area contributed by atoms with Crippen LogP contribution >= 0.6 is 12.4 Å². The highest BCUT2D eigenvalue weighted by molar-refractivity contribution is 7.89. The first-order valence-corrected chi connectivity index (χ1v) is 10.1. The van der Waals surface area contributed by atoms with Crippen molar-refractivity contribution in [2.45, 2.75) is 70.5 Å². The minimum Gasteiger partial charge on any atom is -0.352 e. The smallest absolute Gasteiger partial charge is 0.238 e. The van der Waals surface area contributed by atoms with Gasteiger partial charge in [0.15, 0.2) is 0 Å². The van der Waals surface area contributed by atoms with Crippen LogP contribution < -0.4 is 10.6 Å². The predicted molar refractivity (Wildman–Crippen MR) is 94.3 cm³/mol. The maximum Gasteiger partial charge on any atom is 0.238 e. The van der Waals surface area contributed by atoms with Crippen LogP contribution in [0.2, 0.25) is 0 Å². The molecule has 0 bridgehead atoms. The van der Waals surface area contributed by atoms with Gasteiger partial charge < -0.3 is 10.6 Å². The number of unbranched alkanes of at least 4 members (excludes halogenated alkanes) is 1. The molecule has 0 aromatic heterocycles. The van der Waals surface area contributed by atoms with Crippen LogP contribution in [-0.2, 0) is 14.8 Å². The van der Waals surface area contributed by atoms with Crippen LogP contribution in [0.15, 0.2) is 0 Å². The third-order valence-electron chi connectivity index (χ3n) is 4.59. The summed E-state index contributed by atoms with van der Waals surface area (Å²) in [5.74, 6) is 0.0363. The number of carbonyl (C=O) groups is 1. The molecule has 0 spiro atoms. The molecule has 0 aliphatic carbocycles. The second-order valence-electron chi connectivity index (χ2n) is 6.52. The number of halogens is 1. The van der Waals surface area contributed by atoms with Gasteiger partial charge in [-0.25, -0.2) is 8.42 Å². The average Bonchev–Trinajstić information content (AvgIpc) is 2.95. The molecular formula is C15H30ClN3O3S. The van der Waals surface area contributed by atoms with Gasteiger partial charge >= 0.3 is 0 Å². The lowest BCUT2D eigenvalue weighted by Gasteiger charge is -2.31. The molecule has 3 unspecified atom stereocenters. The largest absolute Gasteiger partial charge is 0.352 e. The summed E-state index contributed by atoms with van der Waals surface area (Å²) in [6.07, 6.45) is 4.71. The van der Waals surface area contributed by atoms with Gasteiger partial charge in [0.25, 0.3) is 0 Å². The Hall–Kier alpha value is -0.370. The fourth-order valence-electron chi connectivity index (χ4n) is 3.34. The Morgan fingerprint density at radius 1 is 1.35 bits per heavy atom. The van der Waals surface area contributed by atoms with Crippen LogP contribution in [0.4, 0.5) is 0 Å². The molecule has 2 heterocycles. The van der Waals surface area contributed by atoms with Crippen LogP contribution in [-0.4, -0.2) is 55.6 Å². The maximum atomic E-state index is 12.5. The highest BCUT2D eigenvalue weighted by Crippen LogP contribution is 2.23. The van der Waals surface area contributed by atoms with Crippen molar-refractivity contribution >= 4 is 28.3 Å². The van der Waals surface area contributed by atoms with Crippen LogP contribution in [0.5, 0.6) is 0 Å². The first-order chi connectivity index (χ1) is 10.4. The van der Waals surface area contributed by atoms with E-state index in [0.29, 0.717) is 25.4 Å². The normalized spacial score (nSPS) is 29.0. The number of hydrogen-bond donors (Lipinski definition) is 2. The van der Waals surface area contributed by atoms with Crippen molar-refractivity contribution in [1.82, 2.24) is 14.9 Å².